The first-order chi connectivity index (χ1) is 8.07. The van der Waals surface area contributed by atoms with Crippen molar-refractivity contribution in [1.82, 2.24) is 10.2 Å². The second-order valence-electron chi connectivity index (χ2n) is 6.34. The van der Waals surface area contributed by atoms with E-state index >= 15 is 0 Å². The monoisotopic (exact) mass is 240 g/mol. The van der Waals surface area contributed by atoms with Crippen LogP contribution >= 0.6 is 0 Å². The van der Waals surface area contributed by atoms with Crippen molar-refractivity contribution in [2.75, 3.05) is 26.7 Å². The molecule has 2 unspecified atom stereocenters. The van der Waals surface area contributed by atoms with Crippen LogP contribution in [0.4, 0.5) is 0 Å². The minimum absolute atomic E-state index is 0.0639. The molecule has 0 aromatic heterocycles. The van der Waals surface area contributed by atoms with Gasteiger partial charge in [-0.05, 0) is 53.1 Å². The minimum Gasteiger partial charge on any atom is -0.375 e. The smallest absolute Gasteiger partial charge is 0.0641 e. The second kappa shape index (κ2) is 5.68. The number of piperidine rings is 1. The van der Waals surface area contributed by atoms with Gasteiger partial charge < -0.3 is 15.0 Å². The highest BCUT2D eigenvalue weighted by Gasteiger charge is 2.29. The van der Waals surface area contributed by atoms with E-state index in [1.54, 1.807) is 0 Å². The standard InChI is InChI=1S/C14H28N2O/c1-14(2)10-12(7-9-17-14)15-11-13-6-4-5-8-16(13)3/h12-13,15H,4-11H2,1-3H3. The summed E-state index contributed by atoms with van der Waals surface area (Å²) in [6, 6.07) is 1.39. The minimum atomic E-state index is 0.0639. The molecule has 2 atom stereocenters. The molecule has 17 heavy (non-hydrogen) atoms. The summed E-state index contributed by atoms with van der Waals surface area (Å²) in [4.78, 5) is 2.51. The van der Waals surface area contributed by atoms with E-state index in [1.807, 2.05) is 0 Å². The summed E-state index contributed by atoms with van der Waals surface area (Å²) in [5.74, 6) is 0. The van der Waals surface area contributed by atoms with Gasteiger partial charge in [-0.1, -0.05) is 6.42 Å². The van der Waals surface area contributed by atoms with Crippen LogP contribution in [0.1, 0.15) is 46.0 Å². The van der Waals surface area contributed by atoms with E-state index < -0.39 is 0 Å². The Balaban J connectivity index is 1.73. The number of rotatable bonds is 3. The predicted octanol–water partition coefficient (Wildman–Crippen LogP) is 2.02. The van der Waals surface area contributed by atoms with Crippen molar-refractivity contribution in [3.05, 3.63) is 0 Å². The molecule has 1 N–H and O–H groups in total. The van der Waals surface area contributed by atoms with E-state index in [-0.39, 0.29) is 5.60 Å². The number of nitrogens with zero attached hydrogens (tertiary/aromatic N) is 1. The highest BCUT2D eigenvalue weighted by atomic mass is 16.5. The molecule has 0 amide bonds. The molecule has 3 heteroatoms. The third-order valence-electron chi connectivity index (χ3n) is 4.26. The van der Waals surface area contributed by atoms with E-state index in [0.717, 1.165) is 25.6 Å². The maximum absolute atomic E-state index is 5.76. The fraction of sp³-hybridized carbons (Fsp3) is 1.00. The molecule has 3 nitrogen and oxygen atoms in total. The van der Waals surface area contributed by atoms with E-state index in [2.05, 4.69) is 31.1 Å². The Morgan fingerprint density at radius 2 is 2.12 bits per heavy atom. The summed E-state index contributed by atoms with van der Waals surface area (Å²) < 4.78 is 5.76. The van der Waals surface area contributed by atoms with Crippen LogP contribution in [-0.2, 0) is 4.74 Å². The van der Waals surface area contributed by atoms with E-state index in [4.69, 9.17) is 4.74 Å². The molecule has 0 aromatic rings. The lowest BCUT2D eigenvalue weighted by Gasteiger charge is -2.38. The quantitative estimate of drug-likeness (QED) is 0.817. The van der Waals surface area contributed by atoms with Gasteiger partial charge in [-0.25, -0.2) is 0 Å². The fourth-order valence-electron chi connectivity index (χ4n) is 3.11. The molecule has 100 valence electrons. The van der Waals surface area contributed by atoms with Crippen molar-refractivity contribution in [3.8, 4) is 0 Å². The van der Waals surface area contributed by atoms with Gasteiger partial charge in [-0.15, -0.1) is 0 Å². The van der Waals surface area contributed by atoms with E-state index in [0.29, 0.717) is 6.04 Å². The predicted molar refractivity (Wildman–Crippen MR) is 71.3 cm³/mol. The molecule has 0 aromatic carbocycles. The molecule has 0 aliphatic carbocycles. The van der Waals surface area contributed by atoms with E-state index in [9.17, 15) is 0 Å². The van der Waals surface area contributed by atoms with Gasteiger partial charge in [-0.2, -0.15) is 0 Å². The first-order valence-electron chi connectivity index (χ1n) is 7.14. The maximum atomic E-state index is 5.76. The average molecular weight is 240 g/mol. The molecule has 2 aliphatic heterocycles. The number of hydrogen-bond donors (Lipinski definition) is 1. The van der Waals surface area contributed by atoms with Crippen LogP contribution in [0.15, 0.2) is 0 Å². The third-order valence-corrected chi connectivity index (χ3v) is 4.26. The number of likely N-dealkylation sites (tertiary alicyclic amines) is 1. The molecular formula is C14H28N2O. The number of ether oxygens (including phenoxy) is 1. The molecule has 2 heterocycles. The molecule has 2 rings (SSSR count). The maximum Gasteiger partial charge on any atom is 0.0641 e. The van der Waals surface area contributed by atoms with Gasteiger partial charge in [0.05, 0.1) is 5.60 Å². The highest BCUT2D eigenvalue weighted by Crippen LogP contribution is 2.24. The lowest BCUT2D eigenvalue weighted by molar-refractivity contribution is -0.0635. The van der Waals surface area contributed by atoms with Crippen molar-refractivity contribution in [1.29, 1.82) is 0 Å². The lowest BCUT2D eigenvalue weighted by Crippen LogP contribution is -2.49. The largest absolute Gasteiger partial charge is 0.375 e. The summed E-state index contributed by atoms with van der Waals surface area (Å²) in [6.45, 7) is 7.73. The van der Waals surface area contributed by atoms with Crippen molar-refractivity contribution < 1.29 is 4.74 Å². The SMILES string of the molecule is CN1CCCCC1CNC1CCOC(C)(C)C1. The number of likely N-dealkylation sites (N-methyl/N-ethyl adjacent to an activating group) is 1. The first kappa shape index (κ1) is 13.3. The number of nitrogens with one attached hydrogen (secondary N) is 1. The van der Waals surface area contributed by atoms with Gasteiger partial charge in [-0.3, -0.25) is 0 Å². The molecule has 0 saturated carbocycles. The molecule has 2 saturated heterocycles. The number of hydrogen-bond acceptors (Lipinski definition) is 3. The summed E-state index contributed by atoms with van der Waals surface area (Å²) in [6.07, 6.45) is 6.44. The van der Waals surface area contributed by atoms with Crippen LogP contribution in [0, 0.1) is 0 Å². The average Bonchev–Trinajstić information content (AvgIpc) is 2.27. The molecular weight excluding hydrogens is 212 g/mol. The Morgan fingerprint density at radius 3 is 2.82 bits per heavy atom. The first-order valence-corrected chi connectivity index (χ1v) is 7.14. The zero-order valence-electron chi connectivity index (χ0n) is 11.7. The van der Waals surface area contributed by atoms with Crippen molar-refractivity contribution >= 4 is 0 Å². The van der Waals surface area contributed by atoms with Crippen molar-refractivity contribution in [3.63, 3.8) is 0 Å². The molecule has 2 aliphatic rings. The van der Waals surface area contributed by atoms with Crippen LogP contribution in [0.2, 0.25) is 0 Å². The zero-order chi connectivity index (χ0) is 12.3. The summed E-state index contributed by atoms with van der Waals surface area (Å²) >= 11 is 0. The fourth-order valence-corrected chi connectivity index (χ4v) is 3.11. The molecule has 0 bridgehead atoms. The van der Waals surface area contributed by atoms with Gasteiger partial charge in [0.2, 0.25) is 0 Å². The topological polar surface area (TPSA) is 24.5 Å². The highest BCUT2D eigenvalue weighted by molar-refractivity contribution is 4.85. The van der Waals surface area contributed by atoms with Crippen molar-refractivity contribution in [2.24, 2.45) is 0 Å². The van der Waals surface area contributed by atoms with Gasteiger partial charge in [0.15, 0.2) is 0 Å². The Labute approximate surface area is 106 Å². The Hall–Kier alpha value is -0.120. The summed E-state index contributed by atoms with van der Waals surface area (Å²) in [5.41, 5.74) is 0.0639. The Kier molecular flexibility index (Phi) is 4.45. The summed E-state index contributed by atoms with van der Waals surface area (Å²) in [7, 11) is 2.26. The van der Waals surface area contributed by atoms with Crippen LogP contribution < -0.4 is 5.32 Å². The van der Waals surface area contributed by atoms with Gasteiger partial charge in [0, 0.05) is 25.2 Å². The lowest BCUT2D eigenvalue weighted by atomic mass is 9.93. The van der Waals surface area contributed by atoms with Gasteiger partial charge in [0.25, 0.3) is 0 Å². The molecule has 0 radical (unpaired) electrons. The van der Waals surface area contributed by atoms with Gasteiger partial charge in [0.1, 0.15) is 0 Å². The van der Waals surface area contributed by atoms with Crippen LogP contribution in [0.25, 0.3) is 0 Å². The normalized spacial score (nSPS) is 34.8. The van der Waals surface area contributed by atoms with Crippen LogP contribution in [0.5, 0.6) is 0 Å². The second-order valence-corrected chi connectivity index (χ2v) is 6.34. The van der Waals surface area contributed by atoms with E-state index in [1.165, 1.54) is 32.2 Å². The Morgan fingerprint density at radius 1 is 1.29 bits per heavy atom. The Bertz CT molecular complexity index is 242. The van der Waals surface area contributed by atoms with Crippen molar-refractivity contribution in [2.45, 2.75) is 63.6 Å². The molecule has 0 spiro atoms. The summed E-state index contributed by atoms with van der Waals surface area (Å²) in [5, 5.41) is 3.76. The van der Waals surface area contributed by atoms with Gasteiger partial charge >= 0.3 is 0 Å². The van der Waals surface area contributed by atoms with Crippen LogP contribution in [0.3, 0.4) is 0 Å². The molecule has 2 fully saturated rings. The third kappa shape index (κ3) is 3.94. The zero-order valence-corrected chi connectivity index (χ0v) is 11.7. The van der Waals surface area contributed by atoms with Crippen LogP contribution in [-0.4, -0.2) is 49.3 Å².